The number of nitro benzene ring substituents is 1. The van der Waals surface area contributed by atoms with Crippen LogP contribution in [0, 0.1) is 10.1 Å². The van der Waals surface area contributed by atoms with E-state index >= 15 is 0 Å². The van der Waals surface area contributed by atoms with Gasteiger partial charge in [0, 0.05) is 31.1 Å². The van der Waals surface area contributed by atoms with Gasteiger partial charge in [-0.25, -0.2) is 0 Å². The largest absolute Gasteiger partial charge is 0.382 e. The van der Waals surface area contributed by atoms with Crippen molar-refractivity contribution in [2.75, 3.05) is 19.4 Å². The number of para-hydroxylation sites is 1. The molecule has 106 valence electrons. The summed E-state index contributed by atoms with van der Waals surface area (Å²) in [5, 5.41) is 16.0. The monoisotopic (exact) mass is 291 g/mol. The van der Waals surface area contributed by atoms with Crippen LogP contribution in [0.3, 0.4) is 0 Å². The van der Waals surface area contributed by atoms with E-state index in [1.807, 2.05) is 19.2 Å². The highest BCUT2D eigenvalue weighted by Gasteiger charge is 2.17. The molecule has 0 fully saturated rings. The highest BCUT2D eigenvalue weighted by Crippen LogP contribution is 2.28. The predicted molar refractivity (Wildman–Crippen MR) is 82.1 cm³/mol. The Labute approximate surface area is 122 Å². The van der Waals surface area contributed by atoms with Gasteiger partial charge in [0.25, 0.3) is 5.69 Å². The zero-order chi connectivity index (χ0) is 14.5. The average molecular weight is 291 g/mol. The summed E-state index contributed by atoms with van der Waals surface area (Å²) < 4.78 is 0. The number of nitrogens with one attached hydrogen (secondary N) is 1. The molecule has 6 heteroatoms. The topological polar surface area (TPSA) is 58.4 Å². The summed E-state index contributed by atoms with van der Waals surface area (Å²) in [6.07, 6.45) is 0. The Morgan fingerprint density at radius 3 is 2.70 bits per heavy atom. The molecule has 5 nitrogen and oxygen atoms in total. The fraction of sp³-hybridized carbons (Fsp3) is 0.286. The third-order valence-electron chi connectivity index (χ3n) is 3.02. The zero-order valence-corrected chi connectivity index (χ0v) is 12.3. The van der Waals surface area contributed by atoms with Gasteiger partial charge < -0.3 is 5.32 Å². The molecular formula is C14H17N3O2S. The van der Waals surface area contributed by atoms with Crippen molar-refractivity contribution in [2.45, 2.75) is 13.1 Å². The van der Waals surface area contributed by atoms with Crippen LogP contribution in [0.15, 0.2) is 35.7 Å². The van der Waals surface area contributed by atoms with Gasteiger partial charge in [-0.1, -0.05) is 18.2 Å². The minimum Gasteiger partial charge on any atom is -0.382 e. The van der Waals surface area contributed by atoms with Crippen molar-refractivity contribution in [3.8, 4) is 0 Å². The summed E-state index contributed by atoms with van der Waals surface area (Å²) in [5.74, 6) is 0. The highest BCUT2D eigenvalue weighted by atomic mass is 32.1. The molecule has 0 radical (unpaired) electrons. The van der Waals surface area contributed by atoms with E-state index in [-0.39, 0.29) is 10.6 Å². The molecule has 0 saturated carbocycles. The van der Waals surface area contributed by atoms with Crippen LogP contribution in [0.25, 0.3) is 0 Å². The molecule has 0 aliphatic rings. The molecule has 1 N–H and O–H groups in total. The van der Waals surface area contributed by atoms with Crippen LogP contribution in [0.4, 0.5) is 11.4 Å². The Bertz CT molecular complexity index is 584. The van der Waals surface area contributed by atoms with Crippen LogP contribution in [-0.4, -0.2) is 23.9 Å². The Balaban J connectivity index is 2.16. The maximum absolute atomic E-state index is 11.0. The lowest BCUT2D eigenvalue weighted by Crippen LogP contribution is -2.17. The van der Waals surface area contributed by atoms with E-state index in [0.717, 1.165) is 12.1 Å². The normalized spacial score (nSPS) is 10.8. The molecule has 0 spiro atoms. The first-order valence-corrected chi connectivity index (χ1v) is 7.14. The Morgan fingerprint density at radius 1 is 1.30 bits per heavy atom. The molecule has 0 atom stereocenters. The van der Waals surface area contributed by atoms with E-state index in [0.29, 0.717) is 12.2 Å². The molecule has 1 aromatic heterocycles. The summed E-state index contributed by atoms with van der Waals surface area (Å²) in [4.78, 5) is 14.1. The molecule has 0 bridgehead atoms. The molecule has 0 amide bonds. The van der Waals surface area contributed by atoms with Gasteiger partial charge in [-0.3, -0.25) is 15.0 Å². The van der Waals surface area contributed by atoms with Crippen molar-refractivity contribution < 1.29 is 4.92 Å². The van der Waals surface area contributed by atoms with Gasteiger partial charge in [-0.2, -0.15) is 0 Å². The van der Waals surface area contributed by atoms with Crippen molar-refractivity contribution in [3.63, 3.8) is 0 Å². The van der Waals surface area contributed by atoms with Gasteiger partial charge in [0.05, 0.1) is 4.92 Å². The molecule has 2 aromatic rings. The maximum atomic E-state index is 11.0. The summed E-state index contributed by atoms with van der Waals surface area (Å²) in [5.41, 5.74) is 1.64. The van der Waals surface area contributed by atoms with Crippen LogP contribution in [0.5, 0.6) is 0 Å². The van der Waals surface area contributed by atoms with Crippen LogP contribution in [0.1, 0.15) is 10.4 Å². The van der Waals surface area contributed by atoms with E-state index in [1.165, 1.54) is 10.9 Å². The van der Waals surface area contributed by atoms with Crippen LogP contribution >= 0.6 is 11.3 Å². The lowest BCUT2D eigenvalue weighted by Gasteiger charge is -2.18. The zero-order valence-electron chi connectivity index (χ0n) is 11.5. The first-order chi connectivity index (χ1) is 9.61. The number of hydrogen-bond acceptors (Lipinski definition) is 5. The SMILES string of the molecule is CNc1c(CN(C)Cc2cccs2)cccc1[N+](=O)[O-]. The Kier molecular flexibility index (Phi) is 4.70. The molecule has 0 unspecified atom stereocenters. The second-order valence-corrected chi connectivity index (χ2v) is 5.60. The number of nitrogens with zero attached hydrogens (tertiary/aromatic N) is 2. The predicted octanol–water partition coefficient (Wildman–Crippen LogP) is 3.33. The number of rotatable bonds is 6. The van der Waals surface area contributed by atoms with Gasteiger partial charge in [0.2, 0.25) is 0 Å². The van der Waals surface area contributed by atoms with Gasteiger partial charge in [-0.05, 0) is 24.1 Å². The van der Waals surface area contributed by atoms with Crippen molar-refractivity contribution in [2.24, 2.45) is 0 Å². The lowest BCUT2D eigenvalue weighted by atomic mass is 10.1. The molecular weight excluding hydrogens is 274 g/mol. The lowest BCUT2D eigenvalue weighted by molar-refractivity contribution is -0.384. The Hall–Kier alpha value is -1.92. The van der Waals surface area contributed by atoms with Crippen molar-refractivity contribution in [3.05, 3.63) is 56.3 Å². The summed E-state index contributed by atoms with van der Waals surface area (Å²) >= 11 is 1.71. The van der Waals surface area contributed by atoms with E-state index in [4.69, 9.17) is 0 Å². The fourth-order valence-corrected chi connectivity index (χ4v) is 2.96. The van der Waals surface area contributed by atoms with E-state index < -0.39 is 0 Å². The third-order valence-corrected chi connectivity index (χ3v) is 3.88. The molecule has 0 aliphatic carbocycles. The Morgan fingerprint density at radius 2 is 2.10 bits per heavy atom. The van der Waals surface area contributed by atoms with Gasteiger partial charge >= 0.3 is 0 Å². The summed E-state index contributed by atoms with van der Waals surface area (Å²) in [6.45, 7) is 1.50. The molecule has 20 heavy (non-hydrogen) atoms. The van der Waals surface area contributed by atoms with Gasteiger partial charge in [0.15, 0.2) is 0 Å². The standard InChI is InChI=1S/C14H17N3O2S/c1-15-14-11(5-3-7-13(14)17(18)19)9-16(2)10-12-6-4-8-20-12/h3-8,15H,9-10H2,1-2H3. The quantitative estimate of drug-likeness (QED) is 0.655. The molecule has 2 rings (SSSR count). The van der Waals surface area contributed by atoms with Gasteiger partial charge in [0.1, 0.15) is 5.69 Å². The number of nitro groups is 1. The van der Waals surface area contributed by atoms with Crippen molar-refractivity contribution in [1.29, 1.82) is 0 Å². The maximum Gasteiger partial charge on any atom is 0.292 e. The minimum atomic E-state index is -0.353. The first kappa shape index (κ1) is 14.5. The van der Waals surface area contributed by atoms with Crippen LogP contribution < -0.4 is 5.32 Å². The highest BCUT2D eigenvalue weighted by molar-refractivity contribution is 7.09. The molecule has 1 heterocycles. The van der Waals surface area contributed by atoms with Crippen LogP contribution in [-0.2, 0) is 13.1 Å². The van der Waals surface area contributed by atoms with Crippen molar-refractivity contribution >= 4 is 22.7 Å². The summed E-state index contributed by atoms with van der Waals surface area (Å²) in [7, 11) is 3.73. The smallest absolute Gasteiger partial charge is 0.292 e. The number of thiophene rings is 1. The number of anilines is 1. The van der Waals surface area contributed by atoms with E-state index in [2.05, 4.69) is 21.7 Å². The summed E-state index contributed by atoms with van der Waals surface area (Å²) in [6, 6.07) is 9.29. The van der Waals surface area contributed by atoms with E-state index in [1.54, 1.807) is 24.5 Å². The molecule has 0 aliphatic heterocycles. The van der Waals surface area contributed by atoms with Crippen molar-refractivity contribution in [1.82, 2.24) is 4.90 Å². The average Bonchev–Trinajstić information content (AvgIpc) is 2.91. The second-order valence-electron chi connectivity index (χ2n) is 4.57. The number of benzene rings is 1. The van der Waals surface area contributed by atoms with Gasteiger partial charge in [-0.15, -0.1) is 11.3 Å². The number of hydrogen-bond donors (Lipinski definition) is 1. The third kappa shape index (κ3) is 3.34. The van der Waals surface area contributed by atoms with E-state index in [9.17, 15) is 10.1 Å². The van der Waals surface area contributed by atoms with Crippen LogP contribution in [0.2, 0.25) is 0 Å². The minimum absolute atomic E-state index is 0.120. The molecule has 0 saturated heterocycles. The molecule has 1 aromatic carbocycles. The first-order valence-electron chi connectivity index (χ1n) is 6.26. The second kappa shape index (κ2) is 6.49. The fourth-order valence-electron chi connectivity index (χ4n) is 2.17.